The molecule has 0 N–H and O–H groups in total. The zero-order valence-corrected chi connectivity index (χ0v) is 28.8. The maximum atomic E-state index is 13.6. The van der Waals surface area contributed by atoms with Crippen LogP contribution in [0.4, 0.5) is 0 Å². The van der Waals surface area contributed by atoms with Gasteiger partial charge in [0.25, 0.3) is 8.32 Å². The molecule has 2 aliphatic carbocycles. The summed E-state index contributed by atoms with van der Waals surface area (Å²) in [5, 5.41) is 2.33. The Bertz CT molecular complexity index is 1390. The molecule has 5 nitrogen and oxygen atoms in total. The van der Waals surface area contributed by atoms with Crippen molar-refractivity contribution in [3.05, 3.63) is 90.5 Å². The summed E-state index contributed by atoms with van der Waals surface area (Å²) in [4.78, 5) is 26.6. The second-order valence-corrected chi connectivity index (χ2v) is 18.9. The van der Waals surface area contributed by atoms with Gasteiger partial charge in [-0.05, 0) is 70.6 Å². The van der Waals surface area contributed by atoms with E-state index >= 15 is 0 Å². The van der Waals surface area contributed by atoms with Crippen LogP contribution in [0.1, 0.15) is 84.6 Å². The monoisotopic (exact) mass is 626 g/mol. The summed E-state index contributed by atoms with van der Waals surface area (Å²) in [6, 6.07) is 29.3. The van der Waals surface area contributed by atoms with Crippen molar-refractivity contribution < 1.29 is 23.5 Å². The molecule has 45 heavy (non-hydrogen) atoms. The second-order valence-electron chi connectivity index (χ2n) is 14.5. The number of benzene rings is 3. The van der Waals surface area contributed by atoms with E-state index in [4.69, 9.17) is 13.9 Å². The van der Waals surface area contributed by atoms with Crippen molar-refractivity contribution in [3.63, 3.8) is 0 Å². The minimum absolute atomic E-state index is 0.148. The third-order valence-corrected chi connectivity index (χ3v) is 15.5. The van der Waals surface area contributed by atoms with Crippen LogP contribution < -0.4 is 15.1 Å². The van der Waals surface area contributed by atoms with Gasteiger partial charge in [0.1, 0.15) is 17.3 Å². The van der Waals surface area contributed by atoms with Crippen LogP contribution >= 0.6 is 0 Å². The Hall–Kier alpha value is -3.06. The van der Waals surface area contributed by atoms with Gasteiger partial charge in [-0.2, -0.15) is 0 Å². The fourth-order valence-electron chi connectivity index (χ4n) is 7.67. The fraction of sp³-hybridized carbons (Fsp3) is 0.487. The standard InChI is InChI=1S/C39H50O5Si/c1-37(2,3)45(33-13-8-6-9-14-33,34-15-10-7-11-16-34)44-29-39(24-23-31(40)27-39)26-25-38(4)35(41)17-12-18-36(38)43-28-30-19-21-32(42-5)22-20-30/h6-11,13-16,19-22,36H,12,17-18,23-29H2,1-5H3/t36-,38+,39-/m0/s1. The molecule has 3 aromatic carbocycles. The van der Waals surface area contributed by atoms with E-state index in [1.807, 2.05) is 24.3 Å². The van der Waals surface area contributed by atoms with Gasteiger partial charge in [0.05, 0.1) is 25.2 Å². The highest BCUT2D eigenvalue weighted by Gasteiger charge is 2.53. The Balaban J connectivity index is 1.40. The van der Waals surface area contributed by atoms with Crippen LogP contribution in [0.2, 0.25) is 5.04 Å². The van der Waals surface area contributed by atoms with E-state index in [-0.39, 0.29) is 22.3 Å². The van der Waals surface area contributed by atoms with E-state index in [1.165, 1.54) is 10.4 Å². The van der Waals surface area contributed by atoms with Gasteiger partial charge in [-0.15, -0.1) is 0 Å². The molecular weight excluding hydrogens is 577 g/mol. The Kier molecular flexibility index (Phi) is 10.2. The smallest absolute Gasteiger partial charge is 0.261 e. The number of rotatable bonds is 12. The number of hydrogen-bond donors (Lipinski definition) is 0. The van der Waals surface area contributed by atoms with Crippen molar-refractivity contribution in [2.45, 2.75) is 96.8 Å². The van der Waals surface area contributed by atoms with E-state index in [0.29, 0.717) is 44.7 Å². The van der Waals surface area contributed by atoms with Gasteiger partial charge < -0.3 is 13.9 Å². The Morgan fingerprint density at radius 1 is 0.844 bits per heavy atom. The average Bonchev–Trinajstić information content (AvgIpc) is 3.42. The minimum atomic E-state index is -2.77. The van der Waals surface area contributed by atoms with Gasteiger partial charge >= 0.3 is 0 Å². The van der Waals surface area contributed by atoms with Crippen molar-refractivity contribution in [1.29, 1.82) is 0 Å². The van der Waals surface area contributed by atoms with Gasteiger partial charge in [0.2, 0.25) is 0 Å². The molecule has 5 rings (SSSR count). The minimum Gasteiger partial charge on any atom is -0.497 e. The first-order valence-corrected chi connectivity index (χ1v) is 18.5. The number of methoxy groups -OCH3 is 1. The summed E-state index contributed by atoms with van der Waals surface area (Å²) in [6.07, 6.45) is 5.48. The molecule has 0 aromatic heterocycles. The van der Waals surface area contributed by atoms with Crippen molar-refractivity contribution >= 4 is 30.3 Å². The Morgan fingerprint density at radius 3 is 2.00 bits per heavy atom. The average molecular weight is 627 g/mol. The number of ketones is 2. The first-order valence-electron chi connectivity index (χ1n) is 16.6. The van der Waals surface area contributed by atoms with Crippen LogP contribution in [0.15, 0.2) is 84.9 Å². The van der Waals surface area contributed by atoms with E-state index < -0.39 is 13.7 Å². The number of Topliss-reactive ketones (excluding diaryl/α,β-unsaturated/α-hetero) is 2. The first-order chi connectivity index (χ1) is 21.5. The molecule has 3 aromatic rings. The Labute approximate surface area is 270 Å². The van der Waals surface area contributed by atoms with Crippen LogP contribution in [-0.4, -0.2) is 39.7 Å². The van der Waals surface area contributed by atoms with Crippen LogP contribution in [-0.2, 0) is 25.4 Å². The highest BCUT2D eigenvalue weighted by molar-refractivity contribution is 6.99. The lowest BCUT2D eigenvalue weighted by Crippen LogP contribution is -2.67. The van der Waals surface area contributed by atoms with Crippen molar-refractivity contribution in [2.75, 3.05) is 13.7 Å². The third-order valence-electron chi connectivity index (χ3n) is 10.5. The van der Waals surface area contributed by atoms with E-state index in [2.05, 4.69) is 88.4 Å². The lowest BCUT2D eigenvalue weighted by Gasteiger charge is -2.46. The Morgan fingerprint density at radius 2 is 1.47 bits per heavy atom. The maximum absolute atomic E-state index is 13.6. The normalized spacial score (nSPS) is 24.2. The van der Waals surface area contributed by atoms with Gasteiger partial charge in [-0.1, -0.05) is 100 Å². The predicted molar refractivity (Wildman–Crippen MR) is 183 cm³/mol. The van der Waals surface area contributed by atoms with Crippen LogP contribution in [0.5, 0.6) is 5.75 Å². The SMILES string of the molecule is COc1ccc(CO[C@H]2CCCC(=O)[C@@]2(C)CC[C@@]2(CO[Si](c3ccccc3)(c3ccccc3)C(C)(C)C)CCC(=O)C2)cc1. The lowest BCUT2D eigenvalue weighted by atomic mass is 9.66. The summed E-state index contributed by atoms with van der Waals surface area (Å²) in [5.41, 5.74) is 0.166. The molecule has 0 bridgehead atoms. The molecule has 0 radical (unpaired) electrons. The maximum Gasteiger partial charge on any atom is 0.261 e. The molecule has 240 valence electrons. The molecule has 2 fully saturated rings. The largest absolute Gasteiger partial charge is 0.497 e. The molecule has 0 amide bonds. The highest BCUT2D eigenvalue weighted by Crippen LogP contribution is 2.48. The van der Waals surface area contributed by atoms with Gasteiger partial charge in [-0.25, -0.2) is 0 Å². The summed E-state index contributed by atoms with van der Waals surface area (Å²) in [6.45, 7) is 9.93. The van der Waals surface area contributed by atoms with Gasteiger partial charge in [0, 0.05) is 25.9 Å². The first kappa shape index (κ1) is 33.3. The molecule has 0 heterocycles. The van der Waals surface area contributed by atoms with Gasteiger partial charge in [0.15, 0.2) is 0 Å². The van der Waals surface area contributed by atoms with E-state index in [0.717, 1.165) is 37.0 Å². The summed E-state index contributed by atoms with van der Waals surface area (Å²) < 4.78 is 19.2. The highest BCUT2D eigenvalue weighted by atomic mass is 28.4. The molecule has 6 heteroatoms. The molecule has 0 unspecified atom stereocenters. The lowest BCUT2D eigenvalue weighted by molar-refractivity contribution is -0.146. The fourth-order valence-corrected chi connectivity index (χ4v) is 12.4. The van der Waals surface area contributed by atoms with Crippen LogP contribution in [0.3, 0.4) is 0 Å². The van der Waals surface area contributed by atoms with Crippen LogP contribution in [0, 0.1) is 10.8 Å². The number of carbonyl (C=O) groups is 2. The molecule has 3 atom stereocenters. The summed E-state index contributed by atoms with van der Waals surface area (Å²) >= 11 is 0. The van der Waals surface area contributed by atoms with Crippen molar-refractivity contribution in [2.24, 2.45) is 10.8 Å². The molecule has 2 aliphatic rings. The number of hydrogen-bond acceptors (Lipinski definition) is 5. The molecule has 0 aliphatic heterocycles. The predicted octanol–water partition coefficient (Wildman–Crippen LogP) is 7.44. The van der Waals surface area contributed by atoms with Crippen molar-refractivity contribution in [3.8, 4) is 5.75 Å². The molecular formula is C39H50O5Si. The quantitative estimate of drug-likeness (QED) is 0.196. The summed E-state index contributed by atoms with van der Waals surface area (Å²) in [5.74, 6) is 1.39. The van der Waals surface area contributed by atoms with Crippen molar-refractivity contribution in [1.82, 2.24) is 0 Å². The zero-order valence-electron chi connectivity index (χ0n) is 27.8. The molecule has 0 saturated heterocycles. The van der Waals surface area contributed by atoms with E-state index in [9.17, 15) is 9.59 Å². The number of carbonyl (C=O) groups excluding carboxylic acids is 2. The number of ether oxygens (including phenoxy) is 2. The third kappa shape index (κ3) is 7.03. The second kappa shape index (κ2) is 13.7. The molecule has 2 saturated carbocycles. The topological polar surface area (TPSA) is 61.8 Å². The zero-order chi connectivity index (χ0) is 32.1. The van der Waals surface area contributed by atoms with E-state index in [1.54, 1.807) is 7.11 Å². The van der Waals surface area contributed by atoms with Crippen LogP contribution in [0.25, 0.3) is 0 Å². The summed E-state index contributed by atoms with van der Waals surface area (Å²) in [7, 11) is -1.11. The molecule has 0 spiro atoms. The van der Waals surface area contributed by atoms with Gasteiger partial charge in [-0.3, -0.25) is 9.59 Å².